The van der Waals surface area contributed by atoms with Crippen LogP contribution in [0.15, 0.2) is 22.8 Å². The van der Waals surface area contributed by atoms with Gasteiger partial charge in [-0.1, -0.05) is 30.2 Å². The molecule has 6 heteroatoms. The Morgan fingerprint density at radius 3 is 2.76 bits per heavy atom. The number of ether oxygens (including phenoxy) is 1. The van der Waals surface area contributed by atoms with Crippen molar-refractivity contribution in [2.24, 2.45) is 5.92 Å². The second kappa shape index (κ2) is 7.17. The van der Waals surface area contributed by atoms with Gasteiger partial charge in [0.25, 0.3) is 0 Å². The fourth-order valence-corrected chi connectivity index (χ4v) is 1.80. The molecule has 21 heavy (non-hydrogen) atoms. The van der Waals surface area contributed by atoms with E-state index < -0.39 is 0 Å². The fourth-order valence-electron chi connectivity index (χ4n) is 1.80. The Morgan fingerprint density at radius 1 is 1.33 bits per heavy atom. The molecule has 0 unspecified atom stereocenters. The number of hydrogen-bond donors (Lipinski definition) is 1. The summed E-state index contributed by atoms with van der Waals surface area (Å²) in [6.45, 7) is 7.70. The van der Waals surface area contributed by atoms with E-state index in [2.05, 4.69) is 34.1 Å². The number of hydrogen-bond acceptors (Lipinski definition) is 5. The molecular weight excluding hydrogens is 273 g/mol. The molecule has 0 aliphatic carbocycles. The van der Waals surface area contributed by atoms with Crippen LogP contribution in [-0.2, 0) is 13.2 Å². The average molecular weight is 293 g/mol. The molecule has 1 N–H and O–H groups in total. The zero-order chi connectivity index (χ0) is 15.2. The molecule has 0 aliphatic heterocycles. The average Bonchev–Trinajstić information content (AvgIpc) is 2.83. The molecule has 0 saturated carbocycles. The number of benzene rings is 1. The Kier molecular flexibility index (Phi) is 5.27. The summed E-state index contributed by atoms with van der Waals surface area (Å²) in [4.78, 5) is 0. The van der Waals surface area contributed by atoms with E-state index in [1.807, 2.05) is 6.07 Å². The predicted octanol–water partition coefficient (Wildman–Crippen LogP) is 2.84. The lowest BCUT2D eigenvalue weighted by molar-refractivity contribution is 0.262. The molecule has 0 aliphatic rings. The van der Waals surface area contributed by atoms with Crippen LogP contribution in [0.1, 0.15) is 30.8 Å². The first kappa shape index (κ1) is 15.4. The predicted molar refractivity (Wildman–Crippen MR) is 76.3 cm³/mol. The van der Waals surface area contributed by atoms with Gasteiger partial charge in [0, 0.05) is 6.54 Å². The molecule has 2 aromatic rings. The van der Waals surface area contributed by atoms with Gasteiger partial charge in [-0.05, 0) is 37.1 Å². The van der Waals surface area contributed by atoms with Gasteiger partial charge in [0.1, 0.15) is 18.0 Å². The molecule has 5 nitrogen and oxygen atoms in total. The van der Waals surface area contributed by atoms with Crippen LogP contribution < -0.4 is 10.1 Å². The first-order valence-electron chi connectivity index (χ1n) is 6.96. The van der Waals surface area contributed by atoms with Crippen LogP contribution in [0.25, 0.3) is 0 Å². The zero-order valence-corrected chi connectivity index (χ0v) is 12.5. The normalized spacial score (nSPS) is 11.1. The van der Waals surface area contributed by atoms with Crippen molar-refractivity contribution in [1.29, 1.82) is 0 Å². The monoisotopic (exact) mass is 293 g/mol. The minimum absolute atomic E-state index is 0.136. The Labute approximate surface area is 123 Å². The highest BCUT2D eigenvalue weighted by Gasteiger charge is 2.09. The standard InChI is InChI=1S/C15H20FN3O2/c1-10(2)7-17-8-12-4-5-15(13(16)6-12)20-9-14-11(3)18-21-19-14/h4-6,10,17H,7-9H2,1-3H3. The lowest BCUT2D eigenvalue weighted by Gasteiger charge is -2.09. The first-order valence-corrected chi connectivity index (χ1v) is 6.96. The van der Waals surface area contributed by atoms with Gasteiger partial charge >= 0.3 is 0 Å². The van der Waals surface area contributed by atoms with Gasteiger partial charge in [0.05, 0.1) is 0 Å². The number of nitrogens with one attached hydrogen (secondary N) is 1. The SMILES string of the molecule is Cc1nonc1COc1ccc(CNCC(C)C)cc1F. The van der Waals surface area contributed by atoms with Crippen LogP contribution in [0.3, 0.4) is 0 Å². The molecule has 0 radical (unpaired) electrons. The number of aromatic nitrogens is 2. The van der Waals surface area contributed by atoms with E-state index in [0.717, 1.165) is 12.1 Å². The smallest absolute Gasteiger partial charge is 0.165 e. The van der Waals surface area contributed by atoms with Crippen molar-refractivity contribution < 1.29 is 13.8 Å². The van der Waals surface area contributed by atoms with Crippen LogP contribution in [-0.4, -0.2) is 16.9 Å². The van der Waals surface area contributed by atoms with Gasteiger partial charge in [-0.25, -0.2) is 9.02 Å². The minimum atomic E-state index is -0.382. The summed E-state index contributed by atoms with van der Waals surface area (Å²) in [5.41, 5.74) is 2.10. The quantitative estimate of drug-likeness (QED) is 0.850. The van der Waals surface area contributed by atoms with Gasteiger partial charge in [0.2, 0.25) is 0 Å². The van der Waals surface area contributed by atoms with Gasteiger partial charge in [-0.15, -0.1) is 0 Å². The van der Waals surface area contributed by atoms with Crippen LogP contribution in [0.5, 0.6) is 5.75 Å². The van der Waals surface area contributed by atoms with Gasteiger partial charge < -0.3 is 10.1 Å². The summed E-state index contributed by atoms with van der Waals surface area (Å²) in [7, 11) is 0. The Balaban J connectivity index is 1.91. The number of rotatable bonds is 7. The van der Waals surface area contributed by atoms with E-state index in [0.29, 0.717) is 23.9 Å². The minimum Gasteiger partial charge on any atom is -0.484 e. The fraction of sp³-hybridized carbons (Fsp3) is 0.467. The largest absolute Gasteiger partial charge is 0.484 e. The summed E-state index contributed by atoms with van der Waals surface area (Å²) >= 11 is 0. The van der Waals surface area contributed by atoms with Gasteiger partial charge in [-0.3, -0.25) is 0 Å². The maximum absolute atomic E-state index is 14.0. The van der Waals surface area contributed by atoms with Crippen molar-refractivity contribution in [3.8, 4) is 5.75 Å². The van der Waals surface area contributed by atoms with Crippen molar-refractivity contribution in [3.63, 3.8) is 0 Å². The van der Waals surface area contributed by atoms with Crippen molar-refractivity contribution in [2.45, 2.75) is 33.9 Å². The molecule has 0 spiro atoms. The summed E-state index contributed by atoms with van der Waals surface area (Å²) in [6, 6.07) is 4.96. The van der Waals surface area contributed by atoms with Crippen molar-refractivity contribution in [1.82, 2.24) is 15.6 Å². The highest BCUT2D eigenvalue weighted by molar-refractivity contribution is 5.29. The lowest BCUT2D eigenvalue weighted by atomic mass is 10.2. The molecule has 1 aromatic carbocycles. The number of halogens is 1. The lowest BCUT2D eigenvalue weighted by Crippen LogP contribution is -2.19. The summed E-state index contributed by atoms with van der Waals surface area (Å²) in [5, 5.41) is 10.6. The van der Waals surface area contributed by atoms with E-state index in [4.69, 9.17) is 4.74 Å². The Bertz CT molecular complexity index is 584. The van der Waals surface area contributed by atoms with Crippen molar-refractivity contribution in [2.75, 3.05) is 6.54 Å². The molecule has 114 valence electrons. The third kappa shape index (κ3) is 4.53. The van der Waals surface area contributed by atoms with E-state index >= 15 is 0 Å². The maximum Gasteiger partial charge on any atom is 0.165 e. The summed E-state index contributed by atoms with van der Waals surface area (Å²) < 4.78 is 23.9. The van der Waals surface area contributed by atoms with Crippen LogP contribution in [0.2, 0.25) is 0 Å². The molecule has 0 atom stereocenters. The van der Waals surface area contributed by atoms with E-state index in [1.165, 1.54) is 6.07 Å². The van der Waals surface area contributed by atoms with E-state index in [-0.39, 0.29) is 18.2 Å². The summed E-state index contributed by atoms with van der Waals surface area (Å²) in [6.07, 6.45) is 0. The molecule has 0 saturated heterocycles. The topological polar surface area (TPSA) is 60.2 Å². The van der Waals surface area contributed by atoms with Crippen molar-refractivity contribution >= 4 is 0 Å². The highest BCUT2D eigenvalue weighted by Crippen LogP contribution is 2.19. The van der Waals surface area contributed by atoms with Gasteiger partial charge in [0.15, 0.2) is 11.6 Å². The summed E-state index contributed by atoms with van der Waals surface area (Å²) in [5.74, 6) is 0.384. The second-order valence-electron chi connectivity index (χ2n) is 5.37. The molecule has 1 heterocycles. The third-order valence-electron chi connectivity index (χ3n) is 2.99. The van der Waals surface area contributed by atoms with Crippen LogP contribution in [0, 0.1) is 18.7 Å². The highest BCUT2D eigenvalue weighted by atomic mass is 19.1. The van der Waals surface area contributed by atoms with Gasteiger partial charge in [-0.2, -0.15) is 0 Å². The van der Waals surface area contributed by atoms with E-state index in [9.17, 15) is 4.39 Å². The Morgan fingerprint density at radius 2 is 2.14 bits per heavy atom. The zero-order valence-electron chi connectivity index (χ0n) is 12.5. The second-order valence-corrected chi connectivity index (χ2v) is 5.37. The first-order chi connectivity index (χ1) is 10.1. The van der Waals surface area contributed by atoms with E-state index in [1.54, 1.807) is 13.0 Å². The molecule has 0 bridgehead atoms. The van der Waals surface area contributed by atoms with Crippen molar-refractivity contribution in [3.05, 3.63) is 41.0 Å². The number of aryl methyl sites for hydroxylation is 1. The van der Waals surface area contributed by atoms with Crippen LogP contribution in [0.4, 0.5) is 4.39 Å². The molecule has 0 amide bonds. The van der Waals surface area contributed by atoms with Crippen LogP contribution >= 0.6 is 0 Å². The molecular formula is C15H20FN3O2. The third-order valence-corrected chi connectivity index (χ3v) is 2.99. The molecule has 2 rings (SSSR count). The number of nitrogens with zero attached hydrogens (tertiary/aromatic N) is 2. The molecule has 0 fully saturated rings. The maximum atomic E-state index is 14.0. The Hall–Kier alpha value is -1.95. The molecule has 1 aromatic heterocycles.